The molecule has 3 aromatic rings. The number of amides is 2. The molecule has 0 aliphatic carbocycles. The van der Waals surface area contributed by atoms with Crippen LogP contribution in [-0.2, 0) is 9.59 Å². The van der Waals surface area contributed by atoms with Crippen LogP contribution in [0.15, 0.2) is 66.7 Å². The lowest BCUT2D eigenvalue weighted by molar-refractivity contribution is -0.123. The number of hydrogen-bond donors (Lipinski definition) is 2. The van der Waals surface area contributed by atoms with Crippen LogP contribution in [0.3, 0.4) is 0 Å². The predicted octanol–water partition coefficient (Wildman–Crippen LogP) is 5.60. The summed E-state index contributed by atoms with van der Waals surface area (Å²) in [6, 6.07) is 19.5. The van der Waals surface area contributed by atoms with Gasteiger partial charge in [-0.15, -0.1) is 0 Å². The molecule has 1 atom stereocenters. The zero-order valence-electron chi connectivity index (χ0n) is 16.9. The summed E-state index contributed by atoms with van der Waals surface area (Å²) in [4.78, 5) is 25.2. The summed E-state index contributed by atoms with van der Waals surface area (Å²) in [6.07, 6.45) is 0.0679. The normalized spacial score (nSPS) is 14.9. The fourth-order valence-corrected chi connectivity index (χ4v) is 3.62. The molecule has 0 unspecified atom stereocenters. The van der Waals surface area contributed by atoms with Gasteiger partial charge >= 0.3 is 0 Å². The number of halogens is 1. The van der Waals surface area contributed by atoms with Crippen LogP contribution in [0.4, 0.5) is 11.4 Å². The highest BCUT2D eigenvalue weighted by molar-refractivity contribution is 6.31. The van der Waals surface area contributed by atoms with Crippen molar-refractivity contribution < 1.29 is 19.1 Å². The number of para-hydroxylation sites is 1. The minimum atomic E-state index is -0.609. The van der Waals surface area contributed by atoms with E-state index in [0.717, 1.165) is 11.3 Å². The van der Waals surface area contributed by atoms with E-state index in [9.17, 15) is 9.59 Å². The average molecular weight is 437 g/mol. The van der Waals surface area contributed by atoms with Gasteiger partial charge < -0.3 is 20.1 Å². The lowest BCUT2D eigenvalue weighted by Gasteiger charge is -2.25. The largest absolute Gasteiger partial charge is 0.494 e. The van der Waals surface area contributed by atoms with Gasteiger partial charge in [-0.2, -0.15) is 0 Å². The van der Waals surface area contributed by atoms with Gasteiger partial charge in [-0.25, -0.2) is 0 Å². The third-order valence-electron chi connectivity index (χ3n) is 4.88. The second kappa shape index (κ2) is 9.10. The number of benzene rings is 3. The highest BCUT2D eigenvalue weighted by Gasteiger charge is 2.31. The van der Waals surface area contributed by atoms with Crippen LogP contribution in [0.1, 0.15) is 24.8 Å². The van der Waals surface area contributed by atoms with Crippen molar-refractivity contribution in [3.63, 3.8) is 0 Å². The molecular formula is C24H21ClN2O4. The molecule has 6 nitrogen and oxygen atoms in total. The molecule has 1 heterocycles. The molecule has 158 valence electrons. The van der Waals surface area contributed by atoms with Crippen molar-refractivity contribution in [2.24, 2.45) is 0 Å². The number of anilines is 2. The fraction of sp³-hybridized carbons (Fsp3) is 0.167. The van der Waals surface area contributed by atoms with Crippen molar-refractivity contribution in [2.45, 2.75) is 19.3 Å². The summed E-state index contributed by atoms with van der Waals surface area (Å²) in [7, 11) is 0. The average Bonchev–Trinajstić information content (AvgIpc) is 2.76. The Labute approximate surface area is 185 Å². The summed E-state index contributed by atoms with van der Waals surface area (Å²) in [5, 5.41) is 6.14. The standard InChI is InChI=1S/C24H21ClN2O4/c1-2-30-16-8-10-17(11-9-16)31-22-12-7-15(25)13-21(22)27-24(29)19-14-23(28)26-20-6-4-3-5-18(19)20/h3-13,19H,2,14H2,1H3,(H,26,28)(H,27,29)/t19-/m1/s1. The number of nitrogens with one attached hydrogen (secondary N) is 2. The van der Waals surface area contributed by atoms with E-state index in [0.29, 0.717) is 34.5 Å². The van der Waals surface area contributed by atoms with Crippen molar-refractivity contribution in [3.8, 4) is 17.2 Å². The molecule has 0 radical (unpaired) electrons. The number of rotatable bonds is 6. The van der Waals surface area contributed by atoms with E-state index in [1.165, 1.54) is 0 Å². The molecule has 0 spiro atoms. The van der Waals surface area contributed by atoms with Crippen LogP contribution in [0, 0.1) is 0 Å². The molecule has 3 aromatic carbocycles. The number of fused-ring (bicyclic) bond motifs is 1. The van der Waals surface area contributed by atoms with E-state index < -0.39 is 5.92 Å². The predicted molar refractivity (Wildman–Crippen MR) is 120 cm³/mol. The molecule has 7 heteroatoms. The Balaban J connectivity index is 1.57. The van der Waals surface area contributed by atoms with E-state index in [2.05, 4.69) is 10.6 Å². The van der Waals surface area contributed by atoms with Crippen molar-refractivity contribution >= 4 is 34.8 Å². The first-order valence-corrected chi connectivity index (χ1v) is 10.3. The van der Waals surface area contributed by atoms with Gasteiger partial charge in [0.15, 0.2) is 5.75 Å². The monoisotopic (exact) mass is 436 g/mol. The number of carbonyl (C=O) groups is 2. The zero-order chi connectivity index (χ0) is 21.8. The quantitative estimate of drug-likeness (QED) is 0.527. The first-order chi connectivity index (χ1) is 15.0. The summed E-state index contributed by atoms with van der Waals surface area (Å²) in [6.45, 7) is 2.50. The Hall–Kier alpha value is -3.51. The highest BCUT2D eigenvalue weighted by atomic mass is 35.5. The third-order valence-corrected chi connectivity index (χ3v) is 5.11. The Bertz CT molecular complexity index is 1110. The summed E-state index contributed by atoms with van der Waals surface area (Å²) in [5.74, 6) is 0.659. The second-order valence-corrected chi connectivity index (χ2v) is 7.46. The Kier molecular flexibility index (Phi) is 6.09. The SMILES string of the molecule is CCOc1ccc(Oc2ccc(Cl)cc2NC(=O)[C@@H]2CC(=O)Nc3ccccc32)cc1. The van der Waals surface area contributed by atoms with Crippen molar-refractivity contribution in [1.29, 1.82) is 0 Å². The zero-order valence-corrected chi connectivity index (χ0v) is 17.6. The van der Waals surface area contributed by atoms with Gasteiger partial charge in [0.2, 0.25) is 11.8 Å². The smallest absolute Gasteiger partial charge is 0.232 e. The minimum absolute atomic E-state index is 0.0679. The molecule has 0 aromatic heterocycles. The maximum Gasteiger partial charge on any atom is 0.232 e. The second-order valence-electron chi connectivity index (χ2n) is 7.03. The van der Waals surface area contributed by atoms with Crippen LogP contribution in [-0.4, -0.2) is 18.4 Å². The van der Waals surface area contributed by atoms with Crippen LogP contribution in [0.5, 0.6) is 17.2 Å². The summed E-state index contributed by atoms with van der Waals surface area (Å²) >= 11 is 6.16. The third kappa shape index (κ3) is 4.81. The molecule has 1 aliphatic rings. The Morgan fingerprint density at radius 1 is 1.10 bits per heavy atom. The van der Waals surface area contributed by atoms with Crippen LogP contribution in [0.25, 0.3) is 0 Å². The first-order valence-electron chi connectivity index (χ1n) is 9.93. The van der Waals surface area contributed by atoms with E-state index >= 15 is 0 Å². The van der Waals surface area contributed by atoms with Gasteiger partial charge in [0.25, 0.3) is 0 Å². The number of ether oxygens (including phenoxy) is 2. The van der Waals surface area contributed by atoms with Crippen molar-refractivity contribution in [3.05, 3.63) is 77.3 Å². The fourth-order valence-electron chi connectivity index (χ4n) is 3.45. The lowest BCUT2D eigenvalue weighted by atomic mass is 9.90. The first kappa shape index (κ1) is 20.8. The Morgan fingerprint density at radius 3 is 2.61 bits per heavy atom. The molecule has 2 N–H and O–H groups in total. The maximum atomic E-state index is 13.1. The molecule has 4 rings (SSSR count). The molecular weight excluding hydrogens is 416 g/mol. The van der Waals surface area contributed by atoms with Gasteiger partial charge in [-0.3, -0.25) is 9.59 Å². The van der Waals surface area contributed by atoms with Gasteiger partial charge in [0, 0.05) is 17.1 Å². The molecule has 2 amide bonds. The Morgan fingerprint density at radius 2 is 1.84 bits per heavy atom. The topological polar surface area (TPSA) is 76.7 Å². The van der Waals surface area contributed by atoms with E-state index in [-0.39, 0.29) is 18.2 Å². The van der Waals surface area contributed by atoms with Crippen LogP contribution < -0.4 is 20.1 Å². The van der Waals surface area contributed by atoms with Gasteiger partial charge in [-0.1, -0.05) is 29.8 Å². The number of carbonyl (C=O) groups excluding carboxylic acids is 2. The summed E-state index contributed by atoms with van der Waals surface area (Å²) in [5.41, 5.74) is 1.85. The summed E-state index contributed by atoms with van der Waals surface area (Å²) < 4.78 is 11.4. The van der Waals surface area contributed by atoms with Gasteiger partial charge in [0.1, 0.15) is 11.5 Å². The van der Waals surface area contributed by atoms with Crippen molar-refractivity contribution in [2.75, 3.05) is 17.2 Å². The number of hydrogen-bond acceptors (Lipinski definition) is 4. The van der Waals surface area contributed by atoms with Crippen LogP contribution >= 0.6 is 11.6 Å². The molecule has 0 fully saturated rings. The van der Waals surface area contributed by atoms with E-state index in [1.54, 1.807) is 36.4 Å². The molecule has 0 saturated carbocycles. The van der Waals surface area contributed by atoms with Crippen molar-refractivity contribution in [1.82, 2.24) is 0 Å². The van der Waals surface area contributed by atoms with E-state index in [4.69, 9.17) is 21.1 Å². The maximum absolute atomic E-state index is 13.1. The van der Waals surface area contributed by atoms with Crippen LogP contribution in [0.2, 0.25) is 5.02 Å². The molecule has 0 bridgehead atoms. The molecule has 31 heavy (non-hydrogen) atoms. The highest BCUT2D eigenvalue weighted by Crippen LogP contribution is 2.36. The lowest BCUT2D eigenvalue weighted by Crippen LogP contribution is -2.30. The van der Waals surface area contributed by atoms with Gasteiger partial charge in [-0.05, 0) is 61.0 Å². The van der Waals surface area contributed by atoms with E-state index in [1.807, 2.05) is 37.3 Å². The van der Waals surface area contributed by atoms with Gasteiger partial charge in [0.05, 0.1) is 18.2 Å². The molecule has 1 aliphatic heterocycles. The minimum Gasteiger partial charge on any atom is -0.494 e. The molecule has 0 saturated heterocycles.